The monoisotopic (exact) mass is 480 g/mol. The van der Waals surface area contributed by atoms with Gasteiger partial charge in [-0.05, 0) is 27.7 Å². The molecule has 0 fully saturated rings. The van der Waals surface area contributed by atoms with Crippen LogP contribution in [-0.4, -0.2) is 42.5 Å². The number of ether oxygens (including phenoxy) is 2. The second-order valence-corrected chi connectivity index (χ2v) is 8.41. The Kier molecular flexibility index (Phi) is 6.42. The smallest absolute Gasteiger partial charge is 0.388 e. The highest BCUT2D eigenvalue weighted by Gasteiger charge is 2.21. The van der Waals surface area contributed by atoms with Crippen molar-refractivity contribution in [2.75, 3.05) is 11.9 Å². The van der Waals surface area contributed by atoms with E-state index >= 15 is 0 Å². The number of hydrogen-bond acceptors (Lipinski definition) is 9. The van der Waals surface area contributed by atoms with Crippen LogP contribution in [0.3, 0.4) is 0 Å². The van der Waals surface area contributed by atoms with Crippen molar-refractivity contribution in [1.29, 1.82) is 5.26 Å². The molecule has 0 amide bonds. The SMILES string of the molecule is Cc1cc(Nc2cn3cc(-c4cc(OC(F)F)ncc4OCC(C)(C)C#N)ncc3n2)nc(C)n1. The fourth-order valence-electron chi connectivity index (χ4n) is 3.20. The molecule has 0 spiro atoms. The molecule has 10 nitrogen and oxygen atoms in total. The van der Waals surface area contributed by atoms with E-state index in [-0.39, 0.29) is 18.2 Å². The van der Waals surface area contributed by atoms with Crippen LogP contribution < -0.4 is 14.8 Å². The first kappa shape index (κ1) is 23.7. The Bertz CT molecular complexity index is 1390. The predicted octanol–water partition coefficient (Wildman–Crippen LogP) is 4.47. The Morgan fingerprint density at radius 1 is 1.09 bits per heavy atom. The number of nitriles is 1. The van der Waals surface area contributed by atoms with Gasteiger partial charge in [-0.25, -0.2) is 19.9 Å². The van der Waals surface area contributed by atoms with Gasteiger partial charge in [0.05, 0.1) is 41.3 Å². The zero-order valence-electron chi connectivity index (χ0n) is 19.5. The first-order valence-corrected chi connectivity index (χ1v) is 10.6. The highest BCUT2D eigenvalue weighted by atomic mass is 19.3. The Hall–Kier alpha value is -4.40. The third kappa shape index (κ3) is 5.75. The van der Waals surface area contributed by atoms with Crippen LogP contribution in [0.2, 0.25) is 0 Å². The Balaban J connectivity index is 1.69. The Labute approximate surface area is 199 Å². The number of aromatic nitrogens is 6. The molecule has 12 heteroatoms. The van der Waals surface area contributed by atoms with E-state index in [9.17, 15) is 14.0 Å². The number of nitrogens with one attached hydrogen (secondary N) is 1. The molecular formula is C23H22F2N8O2. The number of pyridine rings is 1. The quantitative estimate of drug-likeness (QED) is 0.389. The number of rotatable bonds is 8. The summed E-state index contributed by atoms with van der Waals surface area (Å²) in [6, 6.07) is 5.27. The molecule has 0 bridgehead atoms. The second kappa shape index (κ2) is 9.46. The summed E-state index contributed by atoms with van der Waals surface area (Å²) in [5, 5.41) is 12.4. The van der Waals surface area contributed by atoms with E-state index in [1.54, 1.807) is 43.6 Å². The minimum atomic E-state index is -3.04. The van der Waals surface area contributed by atoms with E-state index in [1.165, 1.54) is 18.5 Å². The fraction of sp³-hybridized carbons (Fsp3) is 0.304. The predicted molar refractivity (Wildman–Crippen MR) is 123 cm³/mol. The molecule has 0 unspecified atom stereocenters. The molecule has 1 N–H and O–H groups in total. The van der Waals surface area contributed by atoms with Crippen LogP contribution >= 0.6 is 0 Å². The molecule has 4 rings (SSSR count). The lowest BCUT2D eigenvalue weighted by Crippen LogP contribution is -2.19. The minimum Gasteiger partial charge on any atom is -0.490 e. The highest BCUT2D eigenvalue weighted by Crippen LogP contribution is 2.33. The van der Waals surface area contributed by atoms with Gasteiger partial charge in [-0.15, -0.1) is 0 Å². The number of anilines is 2. The van der Waals surface area contributed by atoms with Crippen molar-refractivity contribution < 1.29 is 18.3 Å². The second-order valence-electron chi connectivity index (χ2n) is 8.41. The van der Waals surface area contributed by atoms with Gasteiger partial charge < -0.3 is 19.2 Å². The lowest BCUT2D eigenvalue weighted by molar-refractivity contribution is -0.0528. The van der Waals surface area contributed by atoms with Crippen LogP contribution in [0.25, 0.3) is 16.9 Å². The number of fused-ring (bicyclic) bond motifs is 1. The van der Waals surface area contributed by atoms with Gasteiger partial charge in [-0.1, -0.05) is 0 Å². The molecule has 0 radical (unpaired) electrons. The van der Waals surface area contributed by atoms with Crippen molar-refractivity contribution in [2.45, 2.75) is 34.3 Å². The van der Waals surface area contributed by atoms with Crippen molar-refractivity contribution >= 4 is 17.3 Å². The largest absolute Gasteiger partial charge is 0.490 e. The van der Waals surface area contributed by atoms with Gasteiger partial charge in [0, 0.05) is 24.0 Å². The average molecular weight is 480 g/mol. The molecule has 0 saturated heterocycles. The zero-order chi connectivity index (χ0) is 25.2. The van der Waals surface area contributed by atoms with Crippen molar-refractivity contribution in [3.05, 3.63) is 48.4 Å². The number of nitrogens with zero attached hydrogens (tertiary/aromatic N) is 7. The average Bonchev–Trinajstić information content (AvgIpc) is 3.18. The number of imidazole rings is 1. The molecule has 4 heterocycles. The van der Waals surface area contributed by atoms with Gasteiger partial charge in [-0.2, -0.15) is 14.0 Å². The van der Waals surface area contributed by atoms with E-state index < -0.39 is 12.0 Å². The van der Waals surface area contributed by atoms with Gasteiger partial charge >= 0.3 is 6.61 Å². The Morgan fingerprint density at radius 3 is 2.60 bits per heavy atom. The molecule has 180 valence electrons. The number of halogens is 2. The summed E-state index contributed by atoms with van der Waals surface area (Å²) in [6.45, 7) is 4.14. The summed E-state index contributed by atoms with van der Waals surface area (Å²) in [5.74, 6) is 1.75. The normalized spacial score (nSPS) is 11.5. The van der Waals surface area contributed by atoms with E-state index in [0.717, 1.165) is 5.69 Å². The van der Waals surface area contributed by atoms with Crippen molar-refractivity contribution in [3.63, 3.8) is 0 Å². The molecule has 0 aromatic carbocycles. The van der Waals surface area contributed by atoms with Gasteiger partial charge in [-0.3, -0.25) is 4.98 Å². The molecule has 0 aliphatic rings. The third-order valence-corrected chi connectivity index (χ3v) is 4.78. The molecule has 35 heavy (non-hydrogen) atoms. The van der Waals surface area contributed by atoms with E-state index in [2.05, 4.69) is 41.0 Å². The first-order valence-electron chi connectivity index (χ1n) is 10.6. The number of alkyl halides is 2. The standard InChI is InChI=1S/C23H22F2N8O2/c1-13-5-18(30-14(2)29-13)31-19-10-33-9-16(27-8-20(33)32-19)15-6-21(35-22(24)25)28-7-17(15)34-12-23(3,4)11-26/h5-10,22H,12H2,1-4H3,(H,29,30,31). The number of aryl methyl sites for hydroxylation is 2. The Morgan fingerprint density at radius 2 is 1.89 bits per heavy atom. The fourth-order valence-corrected chi connectivity index (χ4v) is 3.20. The molecule has 4 aromatic rings. The van der Waals surface area contributed by atoms with Crippen molar-refractivity contribution in [3.8, 4) is 29.0 Å². The van der Waals surface area contributed by atoms with Gasteiger partial charge in [0.15, 0.2) is 11.5 Å². The summed E-state index contributed by atoms with van der Waals surface area (Å²) in [4.78, 5) is 21.4. The van der Waals surface area contributed by atoms with Gasteiger partial charge in [0.1, 0.15) is 24.0 Å². The van der Waals surface area contributed by atoms with E-state index in [0.29, 0.717) is 34.4 Å². The van der Waals surface area contributed by atoms with Crippen molar-refractivity contribution in [1.82, 2.24) is 29.3 Å². The molecule has 4 aromatic heterocycles. The molecule has 0 aliphatic heterocycles. The third-order valence-electron chi connectivity index (χ3n) is 4.78. The molecular weight excluding hydrogens is 458 g/mol. The maximum Gasteiger partial charge on any atom is 0.388 e. The molecule has 0 aliphatic carbocycles. The van der Waals surface area contributed by atoms with Crippen LogP contribution in [0.1, 0.15) is 25.4 Å². The zero-order valence-corrected chi connectivity index (χ0v) is 19.5. The maximum absolute atomic E-state index is 12.8. The number of hydrogen-bond donors (Lipinski definition) is 1. The summed E-state index contributed by atoms with van der Waals surface area (Å²) >= 11 is 0. The lowest BCUT2D eigenvalue weighted by atomic mass is 9.97. The minimum absolute atomic E-state index is 0.0619. The van der Waals surface area contributed by atoms with E-state index in [1.807, 2.05) is 6.92 Å². The van der Waals surface area contributed by atoms with E-state index in [4.69, 9.17) is 4.74 Å². The molecule has 0 atom stereocenters. The topological polar surface area (TPSA) is 123 Å². The highest BCUT2D eigenvalue weighted by molar-refractivity contribution is 5.68. The summed E-state index contributed by atoms with van der Waals surface area (Å²) < 4.78 is 37.5. The first-order chi connectivity index (χ1) is 16.6. The summed E-state index contributed by atoms with van der Waals surface area (Å²) in [5.41, 5.74) is 1.37. The van der Waals surface area contributed by atoms with Crippen molar-refractivity contribution in [2.24, 2.45) is 5.41 Å². The van der Waals surface area contributed by atoms with Crippen LogP contribution in [0.5, 0.6) is 11.6 Å². The summed E-state index contributed by atoms with van der Waals surface area (Å²) in [7, 11) is 0. The maximum atomic E-state index is 12.8. The van der Waals surface area contributed by atoms with Crippen LogP contribution in [0.4, 0.5) is 20.4 Å². The van der Waals surface area contributed by atoms with Gasteiger partial charge in [0.2, 0.25) is 5.88 Å². The van der Waals surface area contributed by atoms with Crippen LogP contribution in [0, 0.1) is 30.6 Å². The summed E-state index contributed by atoms with van der Waals surface area (Å²) in [6.07, 6.45) is 6.22. The van der Waals surface area contributed by atoms with Crippen LogP contribution in [0.15, 0.2) is 36.9 Å². The lowest BCUT2D eigenvalue weighted by Gasteiger charge is -2.18. The molecule has 0 saturated carbocycles. The van der Waals surface area contributed by atoms with Gasteiger partial charge in [0.25, 0.3) is 0 Å². The van der Waals surface area contributed by atoms with Crippen LogP contribution in [-0.2, 0) is 0 Å².